The number of thioether (sulfide) groups is 1. The Morgan fingerprint density at radius 1 is 1.60 bits per heavy atom. The molecule has 0 aliphatic heterocycles. The molecule has 1 aromatic carbocycles. The van der Waals surface area contributed by atoms with E-state index in [1.54, 1.807) is 18.2 Å². The smallest absolute Gasteiger partial charge is 0.230 e. The molecule has 1 amide bonds. The zero-order valence-electron chi connectivity index (χ0n) is 8.37. The number of carbonyl (C=O) groups is 1. The van der Waals surface area contributed by atoms with Crippen molar-refractivity contribution in [3.05, 3.63) is 23.2 Å². The van der Waals surface area contributed by atoms with E-state index in [4.69, 9.17) is 23.1 Å². The molecule has 4 N–H and O–H groups in total. The minimum Gasteiger partial charge on any atom is -0.398 e. The third-order valence-corrected chi connectivity index (χ3v) is 3.91. The fourth-order valence-electron chi connectivity index (χ4n) is 1.13. The highest BCUT2D eigenvalue weighted by Gasteiger charge is 2.17. The number of benzene rings is 1. The summed E-state index contributed by atoms with van der Waals surface area (Å²) >= 11 is 7.30. The van der Waals surface area contributed by atoms with Crippen LogP contribution in [0, 0.1) is 0 Å². The summed E-state index contributed by atoms with van der Waals surface area (Å²) in [6, 6.07) is 5.27. The number of rotatable bonds is 4. The van der Waals surface area contributed by atoms with Gasteiger partial charge in [0.2, 0.25) is 5.91 Å². The number of hydrogen-bond donors (Lipinski definition) is 2. The van der Waals surface area contributed by atoms with Crippen LogP contribution >= 0.6 is 23.4 Å². The molecule has 5 heteroatoms. The van der Waals surface area contributed by atoms with Gasteiger partial charge in [0, 0.05) is 10.6 Å². The molecule has 1 unspecified atom stereocenters. The maximum Gasteiger partial charge on any atom is 0.230 e. The summed E-state index contributed by atoms with van der Waals surface area (Å²) in [5.41, 5.74) is 11.6. The third kappa shape index (κ3) is 3.04. The molecule has 0 aliphatic rings. The third-order valence-electron chi connectivity index (χ3n) is 1.95. The van der Waals surface area contributed by atoms with Crippen LogP contribution in [0.1, 0.15) is 13.3 Å². The van der Waals surface area contributed by atoms with Crippen LogP contribution in [0.2, 0.25) is 5.02 Å². The number of anilines is 1. The lowest BCUT2D eigenvalue weighted by atomic mass is 10.3. The Morgan fingerprint density at radius 3 is 2.73 bits per heavy atom. The minimum atomic E-state index is -0.346. The lowest BCUT2D eigenvalue weighted by molar-refractivity contribution is -0.117. The molecule has 0 radical (unpaired) electrons. The molecule has 0 fully saturated rings. The highest BCUT2D eigenvalue weighted by atomic mass is 35.5. The Kier molecular flexibility index (Phi) is 4.29. The first-order chi connectivity index (χ1) is 7.06. The highest BCUT2D eigenvalue weighted by Crippen LogP contribution is 2.35. The van der Waals surface area contributed by atoms with E-state index in [0.717, 1.165) is 4.90 Å². The van der Waals surface area contributed by atoms with E-state index < -0.39 is 0 Å². The van der Waals surface area contributed by atoms with E-state index in [2.05, 4.69) is 0 Å². The van der Waals surface area contributed by atoms with Gasteiger partial charge in [-0.2, -0.15) is 0 Å². The van der Waals surface area contributed by atoms with E-state index in [1.165, 1.54) is 11.8 Å². The summed E-state index contributed by atoms with van der Waals surface area (Å²) in [6.45, 7) is 1.90. The van der Waals surface area contributed by atoms with Crippen LogP contribution in [0.25, 0.3) is 0 Å². The van der Waals surface area contributed by atoms with Crippen molar-refractivity contribution in [2.24, 2.45) is 5.73 Å². The number of halogens is 1. The number of primary amides is 1. The molecule has 0 saturated heterocycles. The monoisotopic (exact) mass is 244 g/mol. The Bertz CT molecular complexity index is 350. The predicted octanol–water partition coefficient (Wildman–Crippen LogP) is 2.28. The average molecular weight is 245 g/mol. The quantitative estimate of drug-likeness (QED) is 0.631. The van der Waals surface area contributed by atoms with Crippen molar-refractivity contribution in [1.82, 2.24) is 0 Å². The molecule has 0 spiro atoms. The van der Waals surface area contributed by atoms with Crippen molar-refractivity contribution in [2.45, 2.75) is 23.5 Å². The standard InChI is InChI=1S/C10H13ClN2OS/c1-2-8(10(13)14)15-9-6(11)4-3-5-7(9)12/h3-5,8H,2,12H2,1H3,(H2,13,14). The van der Waals surface area contributed by atoms with E-state index >= 15 is 0 Å². The van der Waals surface area contributed by atoms with Gasteiger partial charge < -0.3 is 11.5 Å². The van der Waals surface area contributed by atoms with Crippen LogP contribution in [-0.2, 0) is 4.79 Å². The highest BCUT2D eigenvalue weighted by molar-refractivity contribution is 8.00. The first-order valence-corrected chi connectivity index (χ1v) is 5.82. The van der Waals surface area contributed by atoms with Gasteiger partial charge in [-0.3, -0.25) is 4.79 Å². The Labute approximate surface area is 98.2 Å². The first-order valence-electron chi connectivity index (χ1n) is 4.56. The van der Waals surface area contributed by atoms with Gasteiger partial charge in [-0.05, 0) is 18.6 Å². The molecule has 0 aliphatic carbocycles. The number of amides is 1. The molecule has 82 valence electrons. The molecular formula is C10H13ClN2OS. The van der Waals surface area contributed by atoms with Crippen LogP contribution in [0.15, 0.2) is 23.1 Å². The first kappa shape index (κ1) is 12.2. The second-order valence-corrected chi connectivity index (χ2v) is 4.70. The van der Waals surface area contributed by atoms with Gasteiger partial charge in [0.05, 0.1) is 10.3 Å². The summed E-state index contributed by atoms with van der Waals surface area (Å²) in [5, 5.41) is 0.270. The van der Waals surface area contributed by atoms with E-state index in [1.807, 2.05) is 6.92 Å². The van der Waals surface area contributed by atoms with Crippen LogP contribution in [-0.4, -0.2) is 11.2 Å². The second kappa shape index (κ2) is 5.28. The van der Waals surface area contributed by atoms with Crippen LogP contribution in [0.3, 0.4) is 0 Å². The van der Waals surface area contributed by atoms with Gasteiger partial charge in [-0.15, -0.1) is 11.8 Å². The van der Waals surface area contributed by atoms with Gasteiger partial charge in [0.25, 0.3) is 0 Å². The zero-order chi connectivity index (χ0) is 11.4. The zero-order valence-corrected chi connectivity index (χ0v) is 9.94. The normalized spacial score (nSPS) is 12.4. The van der Waals surface area contributed by atoms with Crippen molar-refractivity contribution < 1.29 is 4.79 Å². The van der Waals surface area contributed by atoms with E-state index in [-0.39, 0.29) is 11.2 Å². The Hall–Kier alpha value is -0.870. The number of nitrogen functional groups attached to an aromatic ring is 1. The number of hydrogen-bond acceptors (Lipinski definition) is 3. The van der Waals surface area contributed by atoms with Crippen LogP contribution < -0.4 is 11.5 Å². The topological polar surface area (TPSA) is 69.1 Å². The molecule has 1 rings (SSSR count). The van der Waals surface area contributed by atoms with Crippen molar-refractivity contribution in [2.75, 3.05) is 5.73 Å². The largest absolute Gasteiger partial charge is 0.398 e. The molecule has 0 saturated carbocycles. The molecule has 1 aromatic rings. The number of nitrogens with two attached hydrogens (primary N) is 2. The van der Waals surface area contributed by atoms with Gasteiger partial charge >= 0.3 is 0 Å². The summed E-state index contributed by atoms with van der Waals surface area (Å²) in [5.74, 6) is -0.346. The minimum absolute atomic E-state index is 0.285. The van der Waals surface area contributed by atoms with Gasteiger partial charge in [0.15, 0.2) is 0 Å². The predicted molar refractivity (Wildman–Crippen MR) is 65.0 cm³/mol. The molecule has 0 bridgehead atoms. The fourth-order valence-corrected chi connectivity index (χ4v) is 2.40. The van der Waals surface area contributed by atoms with E-state index in [0.29, 0.717) is 17.1 Å². The molecule has 3 nitrogen and oxygen atoms in total. The van der Waals surface area contributed by atoms with Gasteiger partial charge in [-0.1, -0.05) is 24.6 Å². The van der Waals surface area contributed by atoms with Gasteiger partial charge in [0.1, 0.15) is 0 Å². The van der Waals surface area contributed by atoms with Gasteiger partial charge in [-0.25, -0.2) is 0 Å². The Morgan fingerprint density at radius 2 is 2.27 bits per heavy atom. The van der Waals surface area contributed by atoms with Crippen molar-refractivity contribution in [3.63, 3.8) is 0 Å². The fraction of sp³-hybridized carbons (Fsp3) is 0.300. The van der Waals surface area contributed by atoms with Crippen molar-refractivity contribution >= 4 is 35.0 Å². The molecule has 1 atom stereocenters. The van der Waals surface area contributed by atoms with Crippen LogP contribution in [0.5, 0.6) is 0 Å². The summed E-state index contributed by atoms with van der Waals surface area (Å²) in [6.07, 6.45) is 0.657. The molecule has 15 heavy (non-hydrogen) atoms. The van der Waals surface area contributed by atoms with Crippen LogP contribution in [0.4, 0.5) is 5.69 Å². The van der Waals surface area contributed by atoms with Crippen molar-refractivity contribution in [3.8, 4) is 0 Å². The lowest BCUT2D eigenvalue weighted by Gasteiger charge is -2.13. The maximum absolute atomic E-state index is 11.1. The van der Waals surface area contributed by atoms with Crippen molar-refractivity contribution in [1.29, 1.82) is 0 Å². The SMILES string of the molecule is CCC(Sc1c(N)cccc1Cl)C(N)=O. The number of carbonyl (C=O) groups excluding carboxylic acids is 1. The van der Waals surface area contributed by atoms with E-state index in [9.17, 15) is 4.79 Å². The summed E-state index contributed by atoms with van der Waals surface area (Å²) in [7, 11) is 0. The average Bonchev–Trinajstić information content (AvgIpc) is 2.17. The Balaban J connectivity index is 2.92. The summed E-state index contributed by atoms with van der Waals surface area (Å²) in [4.78, 5) is 11.8. The molecular weight excluding hydrogens is 232 g/mol. The molecule has 0 heterocycles. The second-order valence-electron chi connectivity index (χ2n) is 3.08. The summed E-state index contributed by atoms with van der Waals surface area (Å²) < 4.78 is 0. The maximum atomic E-state index is 11.1. The lowest BCUT2D eigenvalue weighted by Crippen LogP contribution is -2.24. The molecule has 0 aromatic heterocycles.